The molecule has 1 aromatic carbocycles. The maximum atomic E-state index is 12.9. The van der Waals surface area contributed by atoms with Crippen LogP contribution in [0.15, 0.2) is 28.8 Å². The van der Waals surface area contributed by atoms with Gasteiger partial charge in [-0.2, -0.15) is 4.98 Å². The van der Waals surface area contributed by atoms with Crippen molar-refractivity contribution in [2.75, 3.05) is 44.2 Å². The number of aryl methyl sites for hydroxylation is 1. The standard InChI is InChI=1S/C20H25N7O2.2ClH/c1-14-2-3-18-16(12-14)22-20(29-18)26-10-8-25(9-11-26)19(28)17-13-27(24-23-17)15-4-6-21-7-5-15;;/h2-3,12-13,15,21H,4-11H2,1H3;2*1H. The molecular weight excluding hydrogens is 441 g/mol. The fourth-order valence-electron chi connectivity index (χ4n) is 4.05. The number of oxazole rings is 1. The summed E-state index contributed by atoms with van der Waals surface area (Å²) in [4.78, 5) is 21.4. The number of piperazine rings is 1. The zero-order chi connectivity index (χ0) is 19.8. The molecule has 4 heterocycles. The summed E-state index contributed by atoms with van der Waals surface area (Å²) in [5, 5.41) is 11.7. The van der Waals surface area contributed by atoms with E-state index in [1.807, 2.05) is 34.7 Å². The molecule has 0 spiro atoms. The smallest absolute Gasteiger partial charge is 0.298 e. The first-order valence-corrected chi connectivity index (χ1v) is 10.2. The lowest BCUT2D eigenvalue weighted by Gasteiger charge is -2.33. The third kappa shape index (κ3) is 4.78. The van der Waals surface area contributed by atoms with Gasteiger partial charge in [-0.3, -0.25) is 4.79 Å². The van der Waals surface area contributed by atoms with E-state index in [2.05, 4.69) is 25.5 Å². The Hall–Kier alpha value is -2.36. The van der Waals surface area contributed by atoms with E-state index in [0.717, 1.165) is 42.6 Å². The minimum Gasteiger partial charge on any atom is -0.423 e. The zero-order valence-corrected chi connectivity index (χ0v) is 19.0. The lowest BCUT2D eigenvalue weighted by molar-refractivity contribution is 0.0739. The van der Waals surface area contributed by atoms with Crippen molar-refractivity contribution in [3.8, 4) is 0 Å². The number of amides is 1. The number of aromatic nitrogens is 4. The quantitative estimate of drug-likeness (QED) is 0.632. The number of rotatable bonds is 3. The van der Waals surface area contributed by atoms with Gasteiger partial charge in [0.25, 0.3) is 11.9 Å². The Morgan fingerprint density at radius 3 is 2.61 bits per heavy atom. The average Bonchev–Trinajstić information content (AvgIpc) is 3.41. The number of fused-ring (bicyclic) bond motifs is 1. The molecule has 31 heavy (non-hydrogen) atoms. The highest BCUT2D eigenvalue weighted by atomic mass is 35.5. The van der Waals surface area contributed by atoms with E-state index in [1.165, 1.54) is 0 Å². The number of anilines is 1. The molecule has 1 amide bonds. The third-order valence-electron chi connectivity index (χ3n) is 5.78. The van der Waals surface area contributed by atoms with Crippen LogP contribution in [0.25, 0.3) is 11.1 Å². The van der Waals surface area contributed by atoms with Crippen molar-refractivity contribution in [3.63, 3.8) is 0 Å². The molecular formula is C20H27Cl2N7O2. The molecule has 3 aromatic rings. The second-order valence-electron chi connectivity index (χ2n) is 7.81. The molecule has 0 bridgehead atoms. The van der Waals surface area contributed by atoms with Gasteiger partial charge in [0.1, 0.15) is 5.52 Å². The number of nitrogens with one attached hydrogen (secondary N) is 1. The largest absolute Gasteiger partial charge is 0.423 e. The summed E-state index contributed by atoms with van der Waals surface area (Å²) in [6.45, 7) is 6.57. The molecule has 0 aliphatic carbocycles. The van der Waals surface area contributed by atoms with Crippen LogP contribution in [0.3, 0.4) is 0 Å². The van der Waals surface area contributed by atoms with Crippen molar-refractivity contribution in [2.24, 2.45) is 0 Å². The molecule has 0 saturated carbocycles. The average molecular weight is 468 g/mol. The van der Waals surface area contributed by atoms with Gasteiger partial charge in [0.05, 0.1) is 12.2 Å². The Kier molecular flexibility index (Phi) is 7.40. The first kappa shape index (κ1) is 23.3. The van der Waals surface area contributed by atoms with E-state index in [-0.39, 0.29) is 30.7 Å². The summed E-state index contributed by atoms with van der Waals surface area (Å²) in [7, 11) is 0. The lowest BCUT2D eigenvalue weighted by Crippen LogP contribution is -2.49. The maximum Gasteiger partial charge on any atom is 0.298 e. The predicted molar refractivity (Wildman–Crippen MR) is 123 cm³/mol. The SMILES string of the molecule is Cc1ccc2oc(N3CCN(C(=O)c4cn(C5CCNCC5)nn4)CC3)nc2c1.Cl.Cl. The van der Waals surface area contributed by atoms with Gasteiger partial charge in [0.2, 0.25) is 0 Å². The highest BCUT2D eigenvalue weighted by Crippen LogP contribution is 2.24. The molecule has 2 aliphatic heterocycles. The summed E-state index contributed by atoms with van der Waals surface area (Å²) < 4.78 is 7.75. The van der Waals surface area contributed by atoms with Crippen LogP contribution in [0.1, 0.15) is 34.9 Å². The minimum atomic E-state index is -0.0574. The Morgan fingerprint density at radius 1 is 1.13 bits per heavy atom. The first-order valence-electron chi connectivity index (χ1n) is 10.2. The molecule has 2 aliphatic rings. The van der Waals surface area contributed by atoms with Crippen molar-refractivity contribution in [2.45, 2.75) is 25.8 Å². The summed E-state index contributed by atoms with van der Waals surface area (Å²) in [6.07, 6.45) is 3.83. The molecule has 2 aromatic heterocycles. The van der Waals surface area contributed by atoms with Crippen LogP contribution in [0.2, 0.25) is 0 Å². The third-order valence-corrected chi connectivity index (χ3v) is 5.78. The molecule has 168 valence electrons. The summed E-state index contributed by atoms with van der Waals surface area (Å²) >= 11 is 0. The number of hydrogen-bond acceptors (Lipinski definition) is 7. The Labute approximate surface area is 193 Å². The number of piperidine rings is 1. The van der Waals surface area contributed by atoms with E-state index in [1.54, 1.807) is 6.20 Å². The Bertz CT molecular complexity index is 1020. The van der Waals surface area contributed by atoms with Gasteiger partial charge in [-0.15, -0.1) is 29.9 Å². The fourth-order valence-corrected chi connectivity index (χ4v) is 4.05. The molecule has 11 heteroatoms. The van der Waals surface area contributed by atoms with Crippen molar-refractivity contribution in [1.82, 2.24) is 30.2 Å². The summed E-state index contributed by atoms with van der Waals surface area (Å²) in [5.74, 6) is -0.0574. The molecule has 2 fully saturated rings. The Morgan fingerprint density at radius 2 is 1.87 bits per heavy atom. The van der Waals surface area contributed by atoms with Crippen LogP contribution < -0.4 is 10.2 Å². The van der Waals surface area contributed by atoms with Gasteiger partial charge in [0, 0.05) is 26.2 Å². The van der Waals surface area contributed by atoms with Gasteiger partial charge in [-0.05, 0) is 50.6 Å². The van der Waals surface area contributed by atoms with E-state index in [9.17, 15) is 4.79 Å². The summed E-state index contributed by atoms with van der Waals surface area (Å²) in [6, 6.07) is 6.94. The van der Waals surface area contributed by atoms with Crippen LogP contribution in [0, 0.1) is 6.92 Å². The molecule has 9 nitrogen and oxygen atoms in total. The molecule has 1 N–H and O–H groups in total. The van der Waals surface area contributed by atoms with Crippen molar-refractivity contribution in [3.05, 3.63) is 35.7 Å². The number of carbonyl (C=O) groups is 1. The van der Waals surface area contributed by atoms with Crippen molar-refractivity contribution >= 4 is 47.8 Å². The fraction of sp³-hybridized carbons (Fsp3) is 0.500. The van der Waals surface area contributed by atoms with Crippen LogP contribution in [-0.2, 0) is 0 Å². The van der Waals surface area contributed by atoms with Gasteiger partial charge in [-0.25, -0.2) is 4.68 Å². The molecule has 0 atom stereocenters. The highest BCUT2D eigenvalue weighted by Gasteiger charge is 2.27. The van der Waals surface area contributed by atoms with Gasteiger partial charge in [-0.1, -0.05) is 11.3 Å². The topological polar surface area (TPSA) is 92.3 Å². The maximum absolute atomic E-state index is 12.9. The normalized spacial score (nSPS) is 17.3. The molecule has 2 saturated heterocycles. The zero-order valence-electron chi connectivity index (χ0n) is 17.4. The number of carbonyl (C=O) groups excluding carboxylic acids is 1. The number of hydrogen-bond donors (Lipinski definition) is 1. The lowest BCUT2D eigenvalue weighted by atomic mass is 10.1. The van der Waals surface area contributed by atoms with Crippen LogP contribution in [-0.4, -0.2) is 70.1 Å². The van der Waals surface area contributed by atoms with Crippen LogP contribution >= 0.6 is 24.8 Å². The Balaban J connectivity index is 0.00000136. The summed E-state index contributed by atoms with van der Waals surface area (Å²) in [5.41, 5.74) is 3.24. The van der Waals surface area contributed by atoms with Crippen molar-refractivity contribution in [1.29, 1.82) is 0 Å². The molecule has 5 rings (SSSR count). The monoisotopic (exact) mass is 467 g/mol. The minimum absolute atomic E-state index is 0. The molecule has 0 unspecified atom stereocenters. The number of benzene rings is 1. The number of nitrogens with zero attached hydrogens (tertiary/aromatic N) is 6. The van der Waals surface area contributed by atoms with Gasteiger partial charge in [0.15, 0.2) is 11.3 Å². The van der Waals surface area contributed by atoms with E-state index in [0.29, 0.717) is 43.9 Å². The number of halogens is 2. The second kappa shape index (κ2) is 9.84. The van der Waals surface area contributed by atoms with Gasteiger partial charge < -0.3 is 19.5 Å². The molecule has 0 radical (unpaired) electrons. The van der Waals surface area contributed by atoms with E-state index >= 15 is 0 Å². The second-order valence-corrected chi connectivity index (χ2v) is 7.81. The van der Waals surface area contributed by atoms with E-state index < -0.39 is 0 Å². The van der Waals surface area contributed by atoms with Gasteiger partial charge >= 0.3 is 0 Å². The predicted octanol–water partition coefficient (Wildman–Crippen LogP) is 2.46. The highest BCUT2D eigenvalue weighted by molar-refractivity contribution is 5.92. The van der Waals surface area contributed by atoms with E-state index in [4.69, 9.17) is 4.42 Å². The first-order chi connectivity index (χ1) is 14.2. The van der Waals surface area contributed by atoms with Crippen molar-refractivity contribution < 1.29 is 9.21 Å². The van der Waals surface area contributed by atoms with Crippen LogP contribution in [0.5, 0.6) is 0 Å². The van der Waals surface area contributed by atoms with Crippen LogP contribution in [0.4, 0.5) is 6.01 Å².